The van der Waals surface area contributed by atoms with Crippen molar-refractivity contribution >= 4 is 59.9 Å². The van der Waals surface area contributed by atoms with Crippen molar-refractivity contribution < 1.29 is 22.4 Å². The van der Waals surface area contributed by atoms with Crippen LogP contribution in [0.25, 0.3) is 17.0 Å². The van der Waals surface area contributed by atoms with Crippen molar-refractivity contribution in [2.75, 3.05) is 12.9 Å². The molecule has 0 radical (unpaired) electrons. The number of ether oxygens (including phenoxy) is 1. The van der Waals surface area contributed by atoms with Gasteiger partial charge in [-0.05, 0) is 42.0 Å². The summed E-state index contributed by atoms with van der Waals surface area (Å²) >= 11 is 0.723. The summed E-state index contributed by atoms with van der Waals surface area (Å²) in [6.45, 7) is 3.53. The van der Waals surface area contributed by atoms with Gasteiger partial charge in [0.25, 0.3) is 5.91 Å². The number of hydrazone groups is 1. The Morgan fingerprint density at radius 3 is 2.75 bits per heavy atom. The number of fused-ring (bicyclic) bond motifs is 2. The lowest BCUT2D eigenvalue weighted by molar-refractivity contribution is -0.114. The monoisotopic (exact) mass is 474 g/mol. The first-order valence-electron chi connectivity index (χ1n) is 9.43. The molecule has 2 aliphatic heterocycles. The fraction of sp³-hybridized carbons (Fsp3) is 0.250. The van der Waals surface area contributed by atoms with Crippen molar-refractivity contribution in [3.63, 3.8) is 0 Å². The van der Waals surface area contributed by atoms with Crippen LogP contribution in [-0.2, 0) is 14.6 Å². The number of nitrogens with zero attached hydrogens (tertiary/aromatic N) is 3. The first kappa shape index (κ1) is 22.0. The standard InChI is InChI=1S/C20H18N4O6S2/c1-10(2)9-32(27,28)20-23-24-17(21)14(18(26)22-19(24)31-20)6-11-8-30-15-5-4-12(29-3)7-13(15)16(11)25/h4-8,10,21H,9H2,1-3H3. The Morgan fingerprint density at radius 2 is 2.06 bits per heavy atom. The molecule has 0 unspecified atom stereocenters. The lowest BCUT2D eigenvalue weighted by Gasteiger charge is -2.19. The van der Waals surface area contributed by atoms with Crippen LogP contribution in [0.4, 0.5) is 0 Å². The minimum Gasteiger partial charge on any atom is -0.497 e. The SMILES string of the molecule is COc1ccc2occ(C=C3C(=N)N4N=C(S(=O)(=O)CC(C)C)SC4=NC3=O)c(=O)c2c1. The molecule has 32 heavy (non-hydrogen) atoms. The van der Waals surface area contributed by atoms with Gasteiger partial charge in [0.15, 0.2) is 11.3 Å². The number of aliphatic imine (C=N–C) groups is 1. The summed E-state index contributed by atoms with van der Waals surface area (Å²) in [6.07, 6.45) is 2.38. The summed E-state index contributed by atoms with van der Waals surface area (Å²) in [7, 11) is -2.22. The lowest BCUT2D eigenvalue weighted by atomic mass is 10.1. The maximum atomic E-state index is 12.9. The van der Waals surface area contributed by atoms with Crippen molar-refractivity contribution in [3.8, 4) is 5.75 Å². The third-order valence-corrected chi connectivity index (χ3v) is 8.00. The van der Waals surface area contributed by atoms with Crippen molar-refractivity contribution in [1.82, 2.24) is 5.01 Å². The molecule has 0 spiro atoms. The van der Waals surface area contributed by atoms with Crippen LogP contribution >= 0.6 is 11.8 Å². The predicted octanol–water partition coefficient (Wildman–Crippen LogP) is 2.45. The minimum absolute atomic E-state index is 0.0187. The normalized spacial score (nSPS) is 17.8. The lowest BCUT2D eigenvalue weighted by Crippen LogP contribution is -2.35. The number of benzene rings is 1. The Morgan fingerprint density at radius 1 is 1.31 bits per heavy atom. The summed E-state index contributed by atoms with van der Waals surface area (Å²) in [5.41, 5.74) is -0.271. The number of rotatable bonds is 4. The molecule has 0 bridgehead atoms. The highest BCUT2D eigenvalue weighted by molar-refractivity contribution is 8.42. The molecule has 2 aromatic rings. The molecular formula is C20H18N4O6S2. The summed E-state index contributed by atoms with van der Waals surface area (Å²) in [6, 6.07) is 4.75. The first-order valence-corrected chi connectivity index (χ1v) is 11.9. The van der Waals surface area contributed by atoms with Gasteiger partial charge in [0.05, 0.1) is 29.4 Å². The van der Waals surface area contributed by atoms with E-state index >= 15 is 0 Å². The Balaban J connectivity index is 1.74. The molecule has 1 aromatic carbocycles. The Labute approximate surface area is 187 Å². The minimum atomic E-state index is -3.69. The van der Waals surface area contributed by atoms with E-state index in [1.807, 2.05) is 0 Å². The summed E-state index contributed by atoms with van der Waals surface area (Å²) in [5, 5.41) is 13.6. The second-order valence-electron chi connectivity index (χ2n) is 7.44. The zero-order valence-corrected chi connectivity index (χ0v) is 18.9. The number of methoxy groups -OCH3 is 1. The zero-order valence-electron chi connectivity index (χ0n) is 17.3. The number of thioether (sulfide) groups is 1. The second kappa shape index (κ2) is 8.02. The van der Waals surface area contributed by atoms with Gasteiger partial charge in [0.1, 0.15) is 17.6 Å². The highest BCUT2D eigenvalue weighted by Gasteiger charge is 2.40. The van der Waals surface area contributed by atoms with E-state index in [1.165, 1.54) is 25.5 Å². The van der Waals surface area contributed by atoms with Gasteiger partial charge < -0.3 is 9.15 Å². The van der Waals surface area contributed by atoms with E-state index in [0.29, 0.717) is 11.3 Å². The van der Waals surface area contributed by atoms with Crippen LogP contribution in [0, 0.1) is 11.3 Å². The average Bonchev–Trinajstić information content (AvgIpc) is 3.16. The van der Waals surface area contributed by atoms with Crippen molar-refractivity contribution in [1.29, 1.82) is 5.41 Å². The number of nitrogens with one attached hydrogen (secondary N) is 1. The van der Waals surface area contributed by atoms with Crippen LogP contribution in [0.5, 0.6) is 5.75 Å². The van der Waals surface area contributed by atoms with Gasteiger partial charge in [-0.15, -0.1) is 5.10 Å². The molecule has 0 atom stereocenters. The highest BCUT2D eigenvalue weighted by atomic mass is 32.3. The molecule has 12 heteroatoms. The molecule has 0 saturated heterocycles. The zero-order chi connectivity index (χ0) is 23.2. The molecule has 4 rings (SSSR count). The number of carbonyl (C=O) groups is 1. The summed E-state index contributed by atoms with van der Waals surface area (Å²) in [5.74, 6) is -0.941. The van der Waals surface area contributed by atoms with Gasteiger partial charge >= 0.3 is 0 Å². The second-order valence-corrected chi connectivity index (χ2v) is 10.6. The topological polar surface area (TPSA) is 142 Å². The Bertz CT molecular complexity index is 1420. The van der Waals surface area contributed by atoms with Crippen molar-refractivity contribution in [2.45, 2.75) is 13.8 Å². The molecule has 0 fully saturated rings. The van der Waals surface area contributed by atoms with E-state index in [0.717, 1.165) is 16.8 Å². The number of carbonyl (C=O) groups excluding carboxylic acids is 1. The van der Waals surface area contributed by atoms with Crippen LogP contribution in [0.3, 0.4) is 0 Å². The van der Waals surface area contributed by atoms with E-state index in [9.17, 15) is 18.0 Å². The quantitative estimate of drug-likeness (QED) is 0.666. The molecule has 0 saturated carbocycles. The maximum Gasteiger partial charge on any atom is 0.283 e. The van der Waals surface area contributed by atoms with Gasteiger partial charge in [0.2, 0.25) is 19.4 Å². The van der Waals surface area contributed by atoms with E-state index in [2.05, 4.69) is 10.1 Å². The third kappa shape index (κ3) is 3.86. The molecule has 2 aliphatic rings. The van der Waals surface area contributed by atoms with Crippen LogP contribution in [0.15, 0.2) is 49.3 Å². The first-order chi connectivity index (χ1) is 15.1. The fourth-order valence-electron chi connectivity index (χ4n) is 3.12. The van der Waals surface area contributed by atoms with Crippen molar-refractivity contribution in [2.24, 2.45) is 16.0 Å². The van der Waals surface area contributed by atoms with E-state index in [4.69, 9.17) is 14.6 Å². The summed E-state index contributed by atoms with van der Waals surface area (Å²) in [4.78, 5) is 29.3. The van der Waals surface area contributed by atoms with Crippen LogP contribution in [0.1, 0.15) is 19.4 Å². The van der Waals surface area contributed by atoms with Gasteiger partial charge in [0, 0.05) is 0 Å². The largest absolute Gasteiger partial charge is 0.497 e. The van der Waals surface area contributed by atoms with Crippen LogP contribution in [0.2, 0.25) is 0 Å². The fourth-order valence-corrected chi connectivity index (χ4v) is 5.91. The molecule has 3 heterocycles. The molecular weight excluding hydrogens is 456 g/mol. The molecule has 1 aromatic heterocycles. The number of amidine groups is 2. The molecule has 166 valence electrons. The van der Waals surface area contributed by atoms with Crippen LogP contribution in [-0.4, -0.2) is 47.6 Å². The average molecular weight is 475 g/mol. The van der Waals surface area contributed by atoms with E-state index in [-0.39, 0.29) is 43.6 Å². The van der Waals surface area contributed by atoms with Crippen LogP contribution < -0.4 is 10.2 Å². The highest BCUT2D eigenvalue weighted by Crippen LogP contribution is 2.31. The van der Waals surface area contributed by atoms with Gasteiger partial charge in [-0.1, -0.05) is 13.8 Å². The summed E-state index contributed by atoms with van der Waals surface area (Å²) < 4.78 is 35.4. The smallest absolute Gasteiger partial charge is 0.283 e. The molecule has 0 aliphatic carbocycles. The molecule has 1 N–H and O–H groups in total. The van der Waals surface area contributed by atoms with Gasteiger partial charge in [-0.25, -0.2) is 8.42 Å². The number of hydrogen-bond donors (Lipinski definition) is 1. The third-order valence-electron chi connectivity index (χ3n) is 4.56. The number of sulfone groups is 1. The van der Waals surface area contributed by atoms with Gasteiger partial charge in [-0.3, -0.25) is 15.0 Å². The van der Waals surface area contributed by atoms with E-state index < -0.39 is 21.2 Å². The maximum absolute atomic E-state index is 12.9. The molecule has 1 amide bonds. The Kier molecular flexibility index (Phi) is 5.51. The predicted molar refractivity (Wildman–Crippen MR) is 123 cm³/mol. The molecule has 10 nitrogen and oxygen atoms in total. The number of hydrogen-bond acceptors (Lipinski definition) is 9. The number of amides is 1. The van der Waals surface area contributed by atoms with Crippen molar-refractivity contribution in [3.05, 3.63) is 45.8 Å². The Hall–Kier alpha value is -3.25. The van der Waals surface area contributed by atoms with E-state index in [1.54, 1.807) is 26.0 Å². The van der Waals surface area contributed by atoms with Gasteiger partial charge in [-0.2, -0.15) is 10.0 Å².